The predicted molar refractivity (Wildman–Crippen MR) is 140 cm³/mol. The van der Waals surface area contributed by atoms with Crippen molar-refractivity contribution in [2.24, 2.45) is 5.92 Å². The van der Waals surface area contributed by atoms with Crippen molar-refractivity contribution in [1.82, 2.24) is 4.57 Å². The molecule has 2 aliphatic rings. The summed E-state index contributed by atoms with van der Waals surface area (Å²) in [4.78, 5) is 26.3. The van der Waals surface area contributed by atoms with E-state index in [1.54, 1.807) is 25.3 Å². The van der Waals surface area contributed by atoms with Crippen LogP contribution in [0.5, 0.6) is 5.75 Å². The van der Waals surface area contributed by atoms with Crippen LogP contribution < -0.4 is 25.8 Å². The van der Waals surface area contributed by atoms with Crippen LogP contribution in [-0.2, 0) is 6.54 Å². The number of carbonyl (C=O) groups is 1. The normalized spacial score (nSPS) is 18.4. The van der Waals surface area contributed by atoms with E-state index >= 15 is 0 Å². The number of hydrogen-bond acceptors (Lipinski definition) is 5. The Labute approximate surface area is 208 Å². The van der Waals surface area contributed by atoms with Crippen LogP contribution in [0.15, 0.2) is 65.5 Å². The lowest BCUT2D eigenvalue weighted by Crippen LogP contribution is -2.47. The second-order valence-corrected chi connectivity index (χ2v) is 9.36. The number of rotatable bonds is 5. The van der Waals surface area contributed by atoms with Crippen molar-refractivity contribution in [3.63, 3.8) is 0 Å². The number of carboxylic acids is 1. The first kappa shape index (κ1) is 22.9. The van der Waals surface area contributed by atoms with Crippen LogP contribution in [0.3, 0.4) is 0 Å². The van der Waals surface area contributed by atoms with Crippen molar-refractivity contribution >= 4 is 40.4 Å². The van der Waals surface area contributed by atoms with Crippen LogP contribution in [0.4, 0.5) is 17.1 Å². The molecule has 0 aliphatic carbocycles. The molecule has 0 amide bonds. The molecule has 180 valence electrons. The van der Waals surface area contributed by atoms with Gasteiger partial charge in [0.25, 0.3) is 5.56 Å². The maximum absolute atomic E-state index is 12.4. The van der Waals surface area contributed by atoms with Crippen LogP contribution in [0.1, 0.15) is 28.4 Å². The van der Waals surface area contributed by atoms with Crippen molar-refractivity contribution in [1.29, 1.82) is 0 Å². The number of fused-ring (bicyclic) bond motifs is 4. The van der Waals surface area contributed by atoms with Crippen LogP contribution in [0, 0.1) is 5.92 Å². The third-order valence-corrected chi connectivity index (χ3v) is 6.84. The first-order valence-corrected chi connectivity index (χ1v) is 11.9. The van der Waals surface area contributed by atoms with Gasteiger partial charge in [0.2, 0.25) is 0 Å². The summed E-state index contributed by atoms with van der Waals surface area (Å²) in [6, 6.07) is 17.9. The highest BCUT2D eigenvalue weighted by atomic mass is 32.1. The Balaban J connectivity index is 1.42. The molecule has 3 N–H and O–H groups in total. The van der Waals surface area contributed by atoms with Crippen molar-refractivity contribution in [3.8, 4) is 5.75 Å². The minimum atomic E-state index is -1.00. The molecule has 9 heteroatoms. The number of nitrogens with one attached hydrogen (secondary N) is 2. The van der Waals surface area contributed by atoms with Gasteiger partial charge in [-0.05, 0) is 61.0 Å². The molecule has 1 aromatic heterocycles. The number of methoxy groups -OCH3 is 1. The van der Waals surface area contributed by atoms with Gasteiger partial charge in [-0.3, -0.25) is 4.79 Å². The summed E-state index contributed by atoms with van der Waals surface area (Å²) >= 11 is 5.55. The number of aromatic carboxylic acids is 1. The fourth-order valence-corrected chi connectivity index (χ4v) is 5.35. The molecule has 1 fully saturated rings. The van der Waals surface area contributed by atoms with Gasteiger partial charge < -0.3 is 29.9 Å². The summed E-state index contributed by atoms with van der Waals surface area (Å²) in [7, 11) is 1.60. The summed E-state index contributed by atoms with van der Waals surface area (Å²) in [6.07, 6.45) is 1.03. The molecule has 0 radical (unpaired) electrons. The van der Waals surface area contributed by atoms with Gasteiger partial charge in [-0.1, -0.05) is 12.1 Å². The maximum Gasteiger partial charge on any atom is 0.335 e. The second-order valence-electron chi connectivity index (χ2n) is 8.95. The molecule has 0 saturated carbocycles. The third kappa shape index (κ3) is 4.72. The van der Waals surface area contributed by atoms with Crippen molar-refractivity contribution < 1.29 is 14.6 Å². The Bertz CT molecular complexity index is 1360. The van der Waals surface area contributed by atoms with E-state index in [1.165, 1.54) is 0 Å². The van der Waals surface area contributed by atoms with Gasteiger partial charge in [0.15, 0.2) is 5.11 Å². The van der Waals surface area contributed by atoms with E-state index in [-0.39, 0.29) is 17.0 Å². The largest absolute Gasteiger partial charge is 0.497 e. The molecule has 8 nitrogen and oxygen atoms in total. The average molecular weight is 491 g/mol. The van der Waals surface area contributed by atoms with Crippen molar-refractivity contribution in [2.75, 3.05) is 35.7 Å². The summed E-state index contributed by atoms with van der Waals surface area (Å²) in [6.45, 7) is 2.19. The number of benzene rings is 2. The van der Waals surface area contributed by atoms with E-state index in [2.05, 4.69) is 15.5 Å². The summed E-state index contributed by atoms with van der Waals surface area (Å²) < 4.78 is 7.17. The molecular formula is C26H26N4O4S. The molecule has 5 rings (SSSR count). The Hall–Kier alpha value is -3.85. The number of carboxylic acid groups (broad SMARTS) is 1. The summed E-state index contributed by atoms with van der Waals surface area (Å²) in [5.41, 5.74) is 3.54. The minimum Gasteiger partial charge on any atom is -0.497 e. The van der Waals surface area contributed by atoms with E-state index in [0.717, 1.165) is 36.6 Å². The number of nitrogens with zero attached hydrogens (tertiary/aromatic N) is 2. The molecule has 2 aromatic carbocycles. The van der Waals surface area contributed by atoms with Gasteiger partial charge >= 0.3 is 5.97 Å². The van der Waals surface area contributed by atoms with E-state index in [1.807, 2.05) is 47.0 Å². The molecule has 35 heavy (non-hydrogen) atoms. The predicted octanol–water partition coefficient (Wildman–Crippen LogP) is 3.99. The topological polar surface area (TPSA) is 95.8 Å². The molecule has 2 bridgehead atoms. The monoisotopic (exact) mass is 490 g/mol. The van der Waals surface area contributed by atoms with Crippen molar-refractivity contribution in [3.05, 3.63) is 82.3 Å². The number of pyridine rings is 1. The second kappa shape index (κ2) is 9.42. The molecule has 0 spiro atoms. The maximum atomic E-state index is 12.4. The van der Waals surface area contributed by atoms with E-state index < -0.39 is 5.97 Å². The van der Waals surface area contributed by atoms with Crippen LogP contribution in [0.2, 0.25) is 0 Å². The average Bonchev–Trinajstić information content (AvgIpc) is 2.84. The molecule has 3 aromatic rings. The molecule has 2 aliphatic heterocycles. The van der Waals surface area contributed by atoms with Crippen LogP contribution in [-0.4, -0.2) is 41.0 Å². The number of anilines is 3. The van der Waals surface area contributed by atoms with Gasteiger partial charge in [-0.25, -0.2) is 4.79 Å². The lowest BCUT2D eigenvalue weighted by molar-refractivity contribution is 0.0697. The number of hydrogen-bond donors (Lipinski definition) is 3. The summed E-state index contributed by atoms with van der Waals surface area (Å²) in [5, 5.41) is 16.3. The highest BCUT2D eigenvalue weighted by Gasteiger charge is 2.35. The first-order valence-electron chi connectivity index (χ1n) is 11.5. The lowest BCUT2D eigenvalue weighted by Gasteiger charge is -2.44. The van der Waals surface area contributed by atoms with Gasteiger partial charge in [-0.2, -0.15) is 0 Å². The first-order chi connectivity index (χ1) is 16.9. The quantitative estimate of drug-likeness (QED) is 0.462. The van der Waals surface area contributed by atoms with Gasteiger partial charge in [-0.15, -0.1) is 0 Å². The smallest absolute Gasteiger partial charge is 0.335 e. The fraction of sp³-hybridized carbons (Fsp3) is 0.269. The van der Waals surface area contributed by atoms with Gasteiger partial charge in [0.1, 0.15) is 5.75 Å². The van der Waals surface area contributed by atoms with Crippen LogP contribution in [0.25, 0.3) is 0 Å². The lowest BCUT2D eigenvalue weighted by atomic mass is 9.83. The van der Waals surface area contributed by atoms with E-state index in [0.29, 0.717) is 29.0 Å². The number of aromatic nitrogens is 1. The van der Waals surface area contributed by atoms with Gasteiger partial charge in [0, 0.05) is 49.1 Å². The highest BCUT2D eigenvalue weighted by Crippen LogP contribution is 2.39. The molecule has 1 saturated heterocycles. The van der Waals surface area contributed by atoms with Crippen LogP contribution >= 0.6 is 12.2 Å². The zero-order chi connectivity index (χ0) is 24.5. The van der Waals surface area contributed by atoms with Crippen molar-refractivity contribution in [2.45, 2.75) is 18.9 Å². The number of thiocarbonyl (C=S) groups is 1. The third-order valence-electron chi connectivity index (χ3n) is 6.64. The summed E-state index contributed by atoms with van der Waals surface area (Å²) in [5.74, 6) is 0.251. The highest BCUT2D eigenvalue weighted by molar-refractivity contribution is 7.80. The van der Waals surface area contributed by atoms with E-state index in [9.17, 15) is 14.7 Å². The van der Waals surface area contributed by atoms with Gasteiger partial charge in [0.05, 0.1) is 24.0 Å². The zero-order valence-corrected chi connectivity index (χ0v) is 20.0. The fourth-order valence-electron chi connectivity index (χ4n) is 5.12. The minimum absolute atomic E-state index is 0.0489. The zero-order valence-electron chi connectivity index (χ0n) is 19.2. The van der Waals surface area contributed by atoms with E-state index in [4.69, 9.17) is 17.0 Å². The standard InChI is InChI=1S/C26H26N4O4S/c1-34-20-5-2-4-19(12-20)27-26(35)28-21-11-17(25(32)33)8-9-23(21)29-13-16-10-18(15-29)22-6-3-7-24(31)30(22)14-16/h2-9,11-12,16,18H,10,13-15H2,1H3,(H,32,33)(H2,27,28,35)/t16-,18+/m1/s1. The molecular weight excluding hydrogens is 464 g/mol. The number of piperidine rings is 1. The molecule has 2 atom stereocenters. The Morgan fingerprint density at radius 2 is 1.89 bits per heavy atom. The Morgan fingerprint density at radius 3 is 2.69 bits per heavy atom. The Kier molecular flexibility index (Phi) is 6.17. The molecule has 0 unspecified atom stereocenters. The molecule has 3 heterocycles. The Morgan fingerprint density at radius 1 is 1.06 bits per heavy atom. The SMILES string of the molecule is COc1cccc(NC(=S)Nc2cc(C(=O)O)ccc2N2C[C@H]3C[C@@H](C2)c2cccc(=O)n2C3)c1. The number of ether oxygens (including phenoxy) is 1.